The first-order valence-electron chi connectivity index (χ1n) is 11.7. The first-order valence-corrected chi connectivity index (χ1v) is 12.5. The van der Waals surface area contributed by atoms with Gasteiger partial charge in [0.15, 0.2) is 5.65 Å². The van der Waals surface area contributed by atoms with Crippen LogP contribution in [0, 0.1) is 5.41 Å². The Kier molecular flexibility index (Phi) is 6.18. The Morgan fingerprint density at radius 3 is 2.97 bits per heavy atom. The van der Waals surface area contributed by atoms with E-state index in [1.807, 2.05) is 38.1 Å². The molecule has 3 N–H and O–H groups in total. The van der Waals surface area contributed by atoms with Gasteiger partial charge in [0, 0.05) is 48.8 Å². The van der Waals surface area contributed by atoms with Gasteiger partial charge in [-0.15, -0.1) is 0 Å². The lowest BCUT2D eigenvalue weighted by Crippen LogP contribution is -2.35. The van der Waals surface area contributed by atoms with Gasteiger partial charge >= 0.3 is 0 Å². The number of halogens is 1. The summed E-state index contributed by atoms with van der Waals surface area (Å²) in [5.41, 5.74) is 2.92. The van der Waals surface area contributed by atoms with Crippen LogP contribution in [0.3, 0.4) is 0 Å². The first kappa shape index (κ1) is 23.6. The van der Waals surface area contributed by atoms with Gasteiger partial charge in [-0.3, -0.25) is 9.78 Å². The van der Waals surface area contributed by atoms with Crippen LogP contribution in [-0.4, -0.2) is 55.4 Å². The van der Waals surface area contributed by atoms with Crippen molar-refractivity contribution in [2.45, 2.75) is 45.1 Å². The summed E-state index contributed by atoms with van der Waals surface area (Å²) in [5.74, 6) is 0.490. The lowest BCUT2D eigenvalue weighted by atomic mass is 9.87. The highest BCUT2D eigenvalue weighted by Crippen LogP contribution is 2.39. The van der Waals surface area contributed by atoms with Crippen LogP contribution in [-0.2, 0) is 4.79 Å². The summed E-state index contributed by atoms with van der Waals surface area (Å²) in [6.45, 7) is 4.00. The molecule has 0 unspecified atom stereocenters. The van der Waals surface area contributed by atoms with Gasteiger partial charge < -0.3 is 15.7 Å². The van der Waals surface area contributed by atoms with E-state index in [9.17, 15) is 9.90 Å². The number of rotatable bonds is 6. The quantitative estimate of drug-likeness (QED) is 0.341. The summed E-state index contributed by atoms with van der Waals surface area (Å²) >= 11 is 3.55. The zero-order chi connectivity index (χ0) is 24.7. The third-order valence-corrected chi connectivity index (χ3v) is 7.58. The van der Waals surface area contributed by atoms with E-state index in [0.29, 0.717) is 16.2 Å². The molecule has 1 fully saturated rings. The van der Waals surface area contributed by atoms with Crippen molar-refractivity contribution in [3.63, 3.8) is 0 Å². The Hall–Kier alpha value is -3.11. The first-order chi connectivity index (χ1) is 16.8. The van der Waals surface area contributed by atoms with Gasteiger partial charge in [-0.25, -0.2) is 9.67 Å². The van der Waals surface area contributed by atoms with Gasteiger partial charge in [0.1, 0.15) is 4.60 Å². The highest BCUT2D eigenvalue weighted by molar-refractivity contribution is 9.10. The van der Waals surface area contributed by atoms with Gasteiger partial charge in [0.2, 0.25) is 11.9 Å². The van der Waals surface area contributed by atoms with Gasteiger partial charge in [0.25, 0.3) is 0 Å². The van der Waals surface area contributed by atoms with Crippen LogP contribution in [0.5, 0.6) is 0 Å². The van der Waals surface area contributed by atoms with Crippen molar-refractivity contribution in [1.82, 2.24) is 30.0 Å². The van der Waals surface area contributed by atoms with Gasteiger partial charge in [-0.2, -0.15) is 10.1 Å². The van der Waals surface area contributed by atoms with Crippen molar-refractivity contribution in [2.24, 2.45) is 5.41 Å². The second kappa shape index (κ2) is 9.16. The molecule has 3 aromatic heterocycles. The molecule has 182 valence electrons. The number of aliphatic hydroxyl groups is 1. The lowest BCUT2D eigenvalue weighted by Gasteiger charge is -2.22. The molecular formula is C25H28BrN7O2. The normalized spacial score (nSPS) is 20.9. The molecule has 0 aliphatic heterocycles. The molecule has 4 aromatic rings. The molecule has 1 aliphatic rings. The maximum absolute atomic E-state index is 12.3. The van der Waals surface area contributed by atoms with Crippen LogP contribution in [0.2, 0.25) is 0 Å². The number of carbonyl (C=O) groups excluding carboxylic acids is 1. The number of fused-ring (bicyclic) bond motifs is 2. The SMILES string of the molecule is CNC(=O)[C@]1(C)CC[C@@H](Nc2ncc3c(Br)nn(-c4cc([C@@H](C)CO)c5ncccc5c4)c3n2)C1. The predicted molar refractivity (Wildman–Crippen MR) is 139 cm³/mol. The molecule has 5 rings (SSSR count). The summed E-state index contributed by atoms with van der Waals surface area (Å²) in [5, 5.41) is 22.5. The Morgan fingerprint density at radius 2 is 2.20 bits per heavy atom. The van der Waals surface area contributed by atoms with Crippen molar-refractivity contribution in [3.8, 4) is 5.69 Å². The lowest BCUT2D eigenvalue weighted by molar-refractivity contribution is -0.129. The van der Waals surface area contributed by atoms with Crippen LogP contribution in [0.25, 0.3) is 27.6 Å². The number of hydrogen-bond acceptors (Lipinski definition) is 7. The average molecular weight is 538 g/mol. The maximum Gasteiger partial charge on any atom is 0.225 e. The Bertz CT molecular complexity index is 1420. The third kappa shape index (κ3) is 4.25. The highest BCUT2D eigenvalue weighted by Gasteiger charge is 2.41. The van der Waals surface area contributed by atoms with E-state index in [1.54, 1.807) is 24.1 Å². The van der Waals surface area contributed by atoms with E-state index in [0.717, 1.165) is 46.8 Å². The molecule has 10 heteroatoms. The largest absolute Gasteiger partial charge is 0.396 e. The van der Waals surface area contributed by atoms with Crippen LogP contribution < -0.4 is 10.6 Å². The van der Waals surface area contributed by atoms with E-state index < -0.39 is 0 Å². The third-order valence-electron chi connectivity index (χ3n) is 7.00. The van der Waals surface area contributed by atoms with Crippen molar-refractivity contribution < 1.29 is 9.90 Å². The molecule has 1 aromatic carbocycles. The summed E-state index contributed by atoms with van der Waals surface area (Å²) in [7, 11) is 1.68. The molecule has 0 saturated heterocycles. The van der Waals surface area contributed by atoms with E-state index in [2.05, 4.69) is 36.5 Å². The monoisotopic (exact) mass is 537 g/mol. The fraction of sp³-hybridized carbons (Fsp3) is 0.400. The fourth-order valence-corrected chi connectivity index (χ4v) is 5.41. The number of nitrogens with one attached hydrogen (secondary N) is 2. The summed E-state index contributed by atoms with van der Waals surface area (Å²) in [6.07, 6.45) is 5.92. The van der Waals surface area contributed by atoms with Crippen LogP contribution >= 0.6 is 15.9 Å². The predicted octanol–water partition coefficient (Wildman–Crippen LogP) is 3.94. The molecule has 0 spiro atoms. The zero-order valence-corrected chi connectivity index (χ0v) is 21.5. The van der Waals surface area contributed by atoms with Gasteiger partial charge in [0.05, 0.1) is 16.6 Å². The minimum absolute atomic E-state index is 0.0191. The summed E-state index contributed by atoms with van der Waals surface area (Å²) in [4.78, 5) is 26.2. The number of benzene rings is 1. The van der Waals surface area contributed by atoms with Crippen LogP contribution in [0.1, 0.15) is 44.6 Å². The summed E-state index contributed by atoms with van der Waals surface area (Å²) in [6, 6.07) is 8.05. The second-order valence-electron chi connectivity index (χ2n) is 9.55. The Balaban J connectivity index is 1.53. The van der Waals surface area contributed by atoms with Crippen molar-refractivity contribution in [1.29, 1.82) is 0 Å². The molecule has 35 heavy (non-hydrogen) atoms. The number of amides is 1. The Labute approximate surface area is 211 Å². The van der Waals surface area contributed by atoms with Crippen molar-refractivity contribution >= 4 is 49.7 Å². The maximum atomic E-state index is 12.3. The molecule has 3 heterocycles. The van der Waals surface area contributed by atoms with Gasteiger partial charge in [-0.05, 0) is 59.0 Å². The minimum Gasteiger partial charge on any atom is -0.396 e. The van der Waals surface area contributed by atoms with Crippen molar-refractivity contribution in [2.75, 3.05) is 19.0 Å². The minimum atomic E-state index is -0.389. The van der Waals surface area contributed by atoms with Crippen LogP contribution in [0.4, 0.5) is 5.95 Å². The number of nitrogens with zero attached hydrogens (tertiary/aromatic N) is 5. The Morgan fingerprint density at radius 1 is 1.37 bits per heavy atom. The van der Waals surface area contributed by atoms with Crippen molar-refractivity contribution in [3.05, 3.63) is 46.8 Å². The molecule has 0 radical (unpaired) electrons. The molecule has 3 atom stereocenters. The number of carbonyl (C=O) groups is 1. The molecule has 1 saturated carbocycles. The van der Waals surface area contributed by atoms with E-state index in [1.165, 1.54) is 0 Å². The number of aromatic nitrogens is 5. The zero-order valence-electron chi connectivity index (χ0n) is 19.9. The van der Waals surface area contributed by atoms with E-state index >= 15 is 0 Å². The average Bonchev–Trinajstić information content (AvgIpc) is 3.42. The smallest absolute Gasteiger partial charge is 0.225 e. The van der Waals surface area contributed by atoms with E-state index in [-0.39, 0.29) is 29.9 Å². The number of hydrogen-bond donors (Lipinski definition) is 3. The van der Waals surface area contributed by atoms with Gasteiger partial charge in [-0.1, -0.05) is 19.9 Å². The number of pyridine rings is 1. The number of anilines is 1. The molecule has 9 nitrogen and oxygen atoms in total. The molecule has 1 aliphatic carbocycles. The summed E-state index contributed by atoms with van der Waals surface area (Å²) < 4.78 is 2.44. The highest BCUT2D eigenvalue weighted by atomic mass is 79.9. The molecular weight excluding hydrogens is 510 g/mol. The second-order valence-corrected chi connectivity index (χ2v) is 10.3. The molecule has 0 bridgehead atoms. The van der Waals surface area contributed by atoms with E-state index in [4.69, 9.17) is 10.1 Å². The molecule has 1 amide bonds. The number of aliphatic hydroxyl groups excluding tert-OH is 1. The van der Waals surface area contributed by atoms with Crippen LogP contribution in [0.15, 0.2) is 41.3 Å². The standard InChI is InChI=1S/C25H28BrN7O2/c1-14(13-34)18-10-17(9-15-5-4-8-28-20(15)18)33-22-19(21(26)32-33)12-29-24(31-22)30-16-6-7-25(2,11-16)23(35)27-3/h4-5,8-10,12,14,16,34H,6-7,11,13H2,1-3H3,(H,27,35)(H,29,30,31)/t14-,16+,25+/m0/s1. The topological polar surface area (TPSA) is 118 Å². The fourth-order valence-electron chi connectivity index (χ4n) is 4.97.